The molecule has 0 aliphatic carbocycles. The lowest BCUT2D eigenvalue weighted by Crippen LogP contribution is -2.47. The minimum Gasteiger partial charge on any atom is -0.450 e. The zero-order chi connectivity index (χ0) is 20.3. The molecule has 0 radical (unpaired) electrons. The van der Waals surface area contributed by atoms with Crippen LogP contribution in [0, 0.1) is 0 Å². The van der Waals surface area contributed by atoms with Gasteiger partial charge in [0.25, 0.3) is 12.7 Å². The Morgan fingerprint density at radius 1 is 1.25 bits per heavy atom. The van der Waals surface area contributed by atoms with Crippen molar-refractivity contribution in [1.82, 2.24) is 14.1 Å². The molecule has 0 saturated carbocycles. The van der Waals surface area contributed by atoms with Gasteiger partial charge >= 0.3 is 0 Å². The summed E-state index contributed by atoms with van der Waals surface area (Å²) in [6.45, 7) is 4.57. The lowest BCUT2D eigenvalue weighted by atomic mass is 10.3. The van der Waals surface area contributed by atoms with E-state index in [0.717, 1.165) is 37.6 Å². The van der Waals surface area contributed by atoms with Gasteiger partial charge in [0.15, 0.2) is 6.40 Å². The largest absolute Gasteiger partial charge is 0.450 e. The Morgan fingerprint density at radius 3 is 2.61 bits per heavy atom. The van der Waals surface area contributed by atoms with E-state index in [-0.39, 0.29) is 10.6 Å². The van der Waals surface area contributed by atoms with E-state index < -0.39 is 22.7 Å². The normalized spacial score (nSPS) is 21.6. The lowest BCUT2D eigenvalue weighted by Gasteiger charge is -2.33. The highest BCUT2D eigenvalue weighted by molar-refractivity contribution is 7.89. The van der Waals surface area contributed by atoms with Crippen LogP contribution in [-0.4, -0.2) is 94.9 Å². The Bertz CT molecular complexity index is 800. The van der Waals surface area contributed by atoms with Crippen LogP contribution in [0.3, 0.4) is 0 Å². The third-order valence-electron chi connectivity index (χ3n) is 4.96. The number of rotatable bonds is 7. The zero-order valence-corrected chi connectivity index (χ0v) is 16.7. The number of alkyl halides is 2. The fourth-order valence-corrected chi connectivity index (χ4v) is 4.47. The summed E-state index contributed by atoms with van der Waals surface area (Å²) in [6, 6.07) is 5.98. The number of anilines is 1. The smallest absolute Gasteiger partial charge is 0.295 e. The van der Waals surface area contributed by atoms with Crippen LogP contribution < -0.4 is 5.01 Å². The first kappa shape index (κ1) is 20.9. The molecule has 1 saturated heterocycles. The number of sulfonamides is 1. The summed E-state index contributed by atoms with van der Waals surface area (Å²) in [7, 11) is -0.333. The molecule has 2 heterocycles. The number of halogens is 2. The van der Waals surface area contributed by atoms with Crippen molar-refractivity contribution in [2.24, 2.45) is 5.10 Å². The minimum absolute atomic E-state index is 0.0630. The van der Waals surface area contributed by atoms with E-state index in [2.05, 4.69) is 21.9 Å². The lowest BCUT2D eigenvalue weighted by molar-refractivity contribution is 0.0179. The van der Waals surface area contributed by atoms with Gasteiger partial charge < -0.3 is 9.64 Å². The number of ether oxygens (including phenoxy) is 1. The maximum absolute atomic E-state index is 13.2. The molecule has 1 aromatic rings. The number of hydrogen-bond donors (Lipinski definition) is 0. The second-order valence-corrected chi connectivity index (χ2v) is 8.88. The van der Waals surface area contributed by atoms with Crippen LogP contribution >= 0.6 is 0 Å². The number of piperazine rings is 1. The molecule has 156 valence electrons. The predicted octanol–water partition coefficient (Wildman–Crippen LogP) is 0.926. The maximum atomic E-state index is 13.2. The molecular weight excluding hydrogens is 392 g/mol. The van der Waals surface area contributed by atoms with Gasteiger partial charge in [0.1, 0.15) is 4.90 Å². The maximum Gasteiger partial charge on any atom is 0.295 e. The number of hydrogen-bond acceptors (Lipinski definition) is 7. The molecule has 0 spiro atoms. The van der Waals surface area contributed by atoms with Gasteiger partial charge in [0.2, 0.25) is 10.0 Å². The van der Waals surface area contributed by atoms with Crippen LogP contribution in [0.5, 0.6) is 0 Å². The number of para-hydroxylation sites is 1. The molecule has 8 nitrogen and oxygen atoms in total. The highest BCUT2D eigenvalue weighted by Crippen LogP contribution is 2.32. The van der Waals surface area contributed by atoms with Crippen molar-refractivity contribution in [3.05, 3.63) is 24.3 Å². The van der Waals surface area contributed by atoms with Gasteiger partial charge in [-0.05, 0) is 19.2 Å². The average molecular weight is 417 g/mol. The van der Waals surface area contributed by atoms with Gasteiger partial charge in [-0.25, -0.2) is 22.2 Å². The molecule has 0 bridgehead atoms. The van der Waals surface area contributed by atoms with Crippen molar-refractivity contribution < 1.29 is 21.9 Å². The van der Waals surface area contributed by atoms with E-state index in [1.165, 1.54) is 23.5 Å². The second-order valence-electron chi connectivity index (χ2n) is 6.87. The molecule has 0 N–H and O–H groups in total. The molecule has 1 aromatic carbocycles. The van der Waals surface area contributed by atoms with E-state index in [1.54, 1.807) is 12.1 Å². The summed E-state index contributed by atoms with van der Waals surface area (Å²) in [5.41, 5.74) is 0.0630. The SMILES string of the molecule is CN1CCN(CCN(C)S(=O)(=O)c2ccccc2N2N=COC2C(F)F)CC1. The van der Waals surface area contributed by atoms with Crippen molar-refractivity contribution in [2.45, 2.75) is 17.5 Å². The van der Waals surface area contributed by atoms with E-state index in [0.29, 0.717) is 13.1 Å². The first-order valence-electron chi connectivity index (χ1n) is 9.02. The van der Waals surface area contributed by atoms with Crippen molar-refractivity contribution in [1.29, 1.82) is 0 Å². The van der Waals surface area contributed by atoms with Crippen LogP contribution in [0.4, 0.5) is 14.5 Å². The van der Waals surface area contributed by atoms with Gasteiger partial charge in [0, 0.05) is 46.3 Å². The summed E-state index contributed by atoms with van der Waals surface area (Å²) < 4.78 is 58.7. The molecule has 2 aliphatic heterocycles. The molecule has 0 amide bonds. The number of nitrogens with zero attached hydrogens (tertiary/aromatic N) is 5. The Hall–Kier alpha value is -1.82. The fourth-order valence-electron chi connectivity index (χ4n) is 3.14. The van der Waals surface area contributed by atoms with Crippen molar-refractivity contribution in [3.8, 4) is 0 Å². The van der Waals surface area contributed by atoms with Gasteiger partial charge in [-0.2, -0.15) is 4.31 Å². The van der Waals surface area contributed by atoms with Crippen LogP contribution in [-0.2, 0) is 14.8 Å². The number of likely N-dealkylation sites (N-methyl/N-ethyl adjacent to an activating group) is 2. The van der Waals surface area contributed by atoms with Crippen LogP contribution in [0.1, 0.15) is 0 Å². The molecule has 3 rings (SSSR count). The summed E-state index contributed by atoms with van der Waals surface area (Å²) in [5.74, 6) is 0. The van der Waals surface area contributed by atoms with Gasteiger partial charge in [-0.3, -0.25) is 4.90 Å². The van der Waals surface area contributed by atoms with Crippen LogP contribution in [0.2, 0.25) is 0 Å². The van der Waals surface area contributed by atoms with Crippen LogP contribution in [0.15, 0.2) is 34.3 Å². The van der Waals surface area contributed by atoms with E-state index >= 15 is 0 Å². The Balaban J connectivity index is 1.75. The van der Waals surface area contributed by atoms with Crippen molar-refractivity contribution in [3.63, 3.8) is 0 Å². The summed E-state index contributed by atoms with van der Waals surface area (Å²) in [5, 5.41) is 4.69. The van der Waals surface area contributed by atoms with E-state index in [4.69, 9.17) is 4.74 Å². The standard InChI is InChI=1S/C17H25F2N5O3S/c1-21-7-10-23(11-8-21)12-9-22(2)28(25,26)15-6-4-3-5-14(15)24-17(16(18)19)27-13-20-24/h3-6,13,16-17H,7-12H2,1-2H3. The number of hydrazone groups is 1. The summed E-state index contributed by atoms with van der Waals surface area (Å²) in [4.78, 5) is 4.36. The fraction of sp³-hybridized carbons (Fsp3) is 0.588. The van der Waals surface area contributed by atoms with Crippen molar-refractivity contribution in [2.75, 3.05) is 58.4 Å². The van der Waals surface area contributed by atoms with E-state index in [1.807, 2.05) is 0 Å². The number of benzene rings is 1. The monoisotopic (exact) mass is 417 g/mol. The molecule has 2 aliphatic rings. The molecule has 28 heavy (non-hydrogen) atoms. The predicted molar refractivity (Wildman–Crippen MR) is 102 cm³/mol. The van der Waals surface area contributed by atoms with Gasteiger partial charge in [0.05, 0.1) is 5.69 Å². The topological polar surface area (TPSA) is 68.7 Å². The summed E-state index contributed by atoms with van der Waals surface area (Å²) >= 11 is 0. The molecule has 11 heteroatoms. The van der Waals surface area contributed by atoms with Crippen LogP contribution in [0.25, 0.3) is 0 Å². The Labute approximate surface area is 164 Å². The first-order valence-corrected chi connectivity index (χ1v) is 10.5. The highest BCUT2D eigenvalue weighted by atomic mass is 32.2. The molecule has 1 unspecified atom stereocenters. The average Bonchev–Trinajstić information content (AvgIpc) is 3.17. The first-order chi connectivity index (χ1) is 13.3. The second kappa shape index (κ2) is 8.68. The zero-order valence-electron chi connectivity index (χ0n) is 15.9. The quantitative estimate of drug-likeness (QED) is 0.658. The molecule has 0 aromatic heterocycles. The minimum atomic E-state index is -3.89. The Kier molecular flexibility index (Phi) is 6.48. The highest BCUT2D eigenvalue weighted by Gasteiger charge is 2.36. The third kappa shape index (κ3) is 4.43. The van der Waals surface area contributed by atoms with Gasteiger partial charge in [-0.1, -0.05) is 12.1 Å². The van der Waals surface area contributed by atoms with Gasteiger partial charge in [-0.15, -0.1) is 5.10 Å². The summed E-state index contributed by atoms with van der Waals surface area (Å²) in [6.07, 6.45) is -3.59. The van der Waals surface area contributed by atoms with E-state index in [9.17, 15) is 17.2 Å². The molecule has 1 atom stereocenters. The Morgan fingerprint density at radius 2 is 1.93 bits per heavy atom. The van der Waals surface area contributed by atoms with Crippen molar-refractivity contribution >= 4 is 22.1 Å². The molecular formula is C17H25F2N5O3S. The molecule has 1 fully saturated rings. The third-order valence-corrected chi connectivity index (χ3v) is 6.86.